The number of benzene rings is 2. The van der Waals surface area contributed by atoms with Crippen LogP contribution in [0.1, 0.15) is 5.56 Å². The second-order valence-corrected chi connectivity index (χ2v) is 6.14. The molecule has 2 rings (SSSR count). The average molecular weight is 406 g/mol. The van der Waals surface area contributed by atoms with E-state index < -0.39 is 0 Å². The first-order valence-corrected chi connectivity index (χ1v) is 7.58. The van der Waals surface area contributed by atoms with E-state index in [0.29, 0.717) is 11.6 Å². The second kappa shape index (κ2) is 6.64. The summed E-state index contributed by atoms with van der Waals surface area (Å²) in [7, 11) is 1.65. The van der Waals surface area contributed by atoms with Crippen molar-refractivity contribution in [3.8, 4) is 5.75 Å². The average Bonchev–Trinajstić information content (AvgIpc) is 2.40. The molecule has 0 unspecified atom stereocenters. The quantitative estimate of drug-likeness (QED) is 0.727. The standard InChI is InChI=1S/C14H12Br2ClNO/c1-19-14-5-3-11(17)6-9(14)8-18-13-7-10(15)2-4-12(13)16/h2-7,18H,8H2,1H3. The minimum atomic E-state index is 0.638. The van der Waals surface area contributed by atoms with Crippen molar-refractivity contribution in [1.29, 1.82) is 0 Å². The monoisotopic (exact) mass is 403 g/mol. The van der Waals surface area contributed by atoms with Gasteiger partial charge in [0.1, 0.15) is 5.75 Å². The first kappa shape index (κ1) is 14.7. The molecular formula is C14H12Br2ClNO. The molecule has 0 saturated carbocycles. The Morgan fingerprint density at radius 2 is 1.95 bits per heavy atom. The number of halogens is 3. The summed E-state index contributed by atoms with van der Waals surface area (Å²) in [4.78, 5) is 0. The largest absolute Gasteiger partial charge is 0.496 e. The molecule has 0 amide bonds. The summed E-state index contributed by atoms with van der Waals surface area (Å²) in [6.07, 6.45) is 0. The lowest BCUT2D eigenvalue weighted by atomic mass is 10.2. The zero-order chi connectivity index (χ0) is 13.8. The maximum atomic E-state index is 6.01. The van der Waals surface area contributed by atoms with E-state index in [4.69, 9.17) is 16.3 Å². The van der Waals surface area contributed by atoms with E-state index in [1.54, 1.807) is 7.11 Å². The summed E-state index contributed by atoms with van der Waals surface area (Å²) in [6, 6.07) is 11.6. The minimum absolute atomic E-state index is 0.638. The molecule has 0 spiro atoms. The van der Waals surface area contributed by atoms with Crippen molar-refractivity contribution in [2.45, 2.75) is 6.54 Å². The maximum Gasteiger partial charge on any atom is 0.123 e. The van der Waals surface area contributed by atoms with Gasteiger partial charge < -0.3 is 10.1 Å². The molecule has 0 aromatic heterocycles. The summed E-state index contributed by atoms with van der Waals surface area (Å²) in [5.74, 6) is 0.822. The highest BCUT2D eigenvalue weighted by molar-refractivity contribution is 9.11. The lowest BCUT2D eigenvalue weighted by Gasteiger charge is -2.12. The van der Waals surface area contributed by atoms with Crippen molar-refractivity contribution < 1.29 is 4.74 Å². The Balaban J connectivity index is 2.18. The van der Waals surface area contributed by atoms with Crippen molar-refractivity contribution in [1.82, 2.24) is 0 Å². The number of anilines is 1. The summed E-state index contributed by atoms with van der Waals surface area (Å²) >= 11 is 13.0. The van der Waals surface area contributed by atoms with Gasteiger partial charge in [-0.1, -0.05) is 27.5 Å². The molecule has 0 fully saturated rings. The molecule has 0 aliphatic heterocycles. The zero-order valence-corrected chi connectivity index (χ0v) is 14.1. The van der Waals surface area contributed by atoms with Gasteiger partial charge >= 0.3 is 0 Å². The van der Waals surface area contributed by atoms with Gasteiger partial charge in [-0.3, -0.25) is 0 Å². The number of methoxy groups -OCH3 is 1. The Hall–Kier alpha value is -0.710. The van der Waals surface area contributed by atoms with Crippen LogP contribution in [0.15, 0.2) is 45.3 Å². The van der Waals surface area contributed by atoms with E-state index in [1.807, 2.05) is 36.4 Å². The van der Waals surface area contributed by atoms with Crippen LogP contribution in [0.25, 0.3) is 0 Å². The first-order chi connectivity index (χ1) is 9.10. The molecule has 1 N–H and O–H groups in total. The Morgan fingerprint density at radius 1 is 1.16 bits per heavy atom. The van der Waals surface area contributed by atoms with Crippen LogP contribution in [-0.2, 0) is 6.54 Å². The van der Waals surface area contributed by atoms with Crippen LogP contribution in [0.3, 0.4) is 0 Å². The first-order valence-electron chi connectivity index (χ1n) is 5.61. The summed E-state index contributed by atoms with van der Waals surface area (Å²) in [5, 5.41) is 4.06. The molecule has 0 saturated heterocycles. The van der Waals surface area contributed by atoms with Gasteiger partial charge in [0.05, 0.1) is 7.11 Å². The normalized spacial score (nSPS) is 10.3. The molecule has 0 atom stereocenters. The van der Waals surface area contributed by atoms with Crippen LogP contribution in [0.4, 0.5) is 5.69 Å². The van der Waals surface area contributed by atoms with E-state index in [1.165, 1.54) is 0 Å². The van der Waals surface area contributed by atoms with Crippen LogP contribution in [-0.4, -0.2) is 7.11 Å². The molecule has 5 heteroatoms. The minimum Gasteiger partial charge on any atom is -0.496 e. The second-order valence-electron chi connectivity index (χ2n) is 3.93. The molecule has 2 nitrogen and oxygen atoms in total. The molecule has 2 aromatic rings. The molecule has 100 valence electrons. The lowest BCUT2D eigenvalue weighted by molar-refractivity contribution is 0.410. The third kappa shape index (κ3) is 3.88. The Morgan fingerprint density at radius 3 is 2.68 bits per heavy atom. The van der Waals surface area contributed by atoms with E-state index in [-0.39, 0.29) is 0 Å². The van der Waals surface area contributed by atoms with Crippen LogP contribution < -0.4 is 10.1 Å². The van der Waals surface area contributed by atoms with E-state index in [2.05, 4.69) is 37.2 Å². The van der Waals surface area contributed by atoms with Gasteiger partial charge in [0.15, 0.2) is 0 Å². The van der Waals surface area contributed by atoms with Crippen molar-refractivity contribution in [2.75, 3.05) is 12.4 Å². The third-order valence-electron chi connectivity index (χ3n) is 2.64. The van der Waals surface area contributed by atoms with Crippen molar-refractivity contribution >= 4 is 49.1 Å². The fourth-order valence-corrected chi connectivity index (χ4v) is 2.65. The highest BCUT2D eigenvalue weighted by atomic mass is 79.9. The van der Waals surface area contributed by atoms with Crippen molar-refractivity contribution in [3.05, 3.63) is 55.9 Å². The molecule has 0 radical (unpaired) electrons. The molecule has 0 aliphatic carbocycles. The summed E-state index contributed by atoms with van der Waals surface area (Å²) in [6.45, 7) is 0.638. The highest BCUT2D eigenvalue weighted by Crippen LogP contribution is 2.28. The number of hydrogen-bond acceptors (Lipinski definition) is 2. The predicted molar refractivity (Wildman–Crippen MR) is 87.2 cm³/mol. The topological polar surface area (TPSA) is 21.3 Å². The van der Waals surface area contributed by atoms with Gasteiger partial charge in [-0.2, -0.15) is 0 Å². The van der Waals surface area contributed by atoms with Crippen molar-refractivity contribution in [2.24, 2.45) is 0 Å². The van der Waals surface area contributed by atoms with Gasteiger partial charge in [0.2, 0.25) is 0 Å². The summed E-state index contributed by atoms with van der Waals surface area (Å²) < 4.78 is 7.36. The SMILES string of the molecule is COc1ccc(Cl)cc1CNc1cc(Br)ccc1Br. The third-order valence-corrected chi connectivity index (χ3v) is 4.06. The number of ether oxygens (including phenoxy) is 1. The number of rotatable bonds is 4. The van der Waals surface area contributed by atoms with E-state index in [9.17, 15) is 0 Å². The molecule has 19 heavy (non-hydrogen) atoms. The molecule has 2 aromatic carbocycles. The number of hydrogen-bond donors (Lipinski definition) is 1. The fourth-order valence-electron chi connectivity index (χ4n) is 1.71. The van der Waals surface area contributed by atoms with Crippen molar-refractivity contribution in [3.63, 3.8) is 0 Å². The highest BCUT2D eigenvalue weighted by Gasteiger charge is 2.05. The van der Waals surface area contributed by atoms with E-state index in [0.717, 1.165) is 25.9 Å². The predicted octanol–water partition coefficient (Wildman–Crippen LogP) is 5.49. The molecule has 0 aliphatic rings. The van der Waals surface area contributed by atoms with Crippen LogP contribution in [0.2, 0.25) is 5.02 Å². The lowest BCUT2D eigenvalue weighted by Crippen LogP contribution is -2.02. The van der Waals surface area contributed by atoms with Crippen LogP contribution >= 0.6 is 43.5 Å². The smallest absolute Gasteiger partial charge is 0.123 e. The van der Waals surface area contributed by atoms with Gasteiger partial charge in [-0.25, -0.2) is 0 Å². The van der Waals surface area contributed by atoms with E-state index >= 15 is 0 Å². The fraction of sp³-hybridized carbons (Fsp3) is 0.143. The molecular weight excluding hydrogens is 393 g/mol. The zero-order valence-electron chi connectivity index (χ0n) is 10.2. The van der Waals surface area contributed by atoms with Gasteiger partial charge in [0, 0.05) is 31.8 Å². The van der Waals surface area contributed by atoms with Gasteiger partial charge in [-0.05, 0) is 52.3 Å². The molecule has 0 heterocycles. The Kier molecular flexibility index (Phi) is 5.13. The Labute approximate surface area is 134 Å². The summed E-state index contributed by atoms with van der Waals surface area (Å²) in [5.41, 5.74) is 2.03. The van der Waals surface area contributed by atoms with Crippen LogP contribution in [0, 0.1) is 0 Å². The number of nitrogens with one attached hydrogen (secondary N) is 1. The van der Waals surface area contributed by atoms with Crippen LogP contribution in [0.5, 0.6) is 5.75 Å². The molecule has 0 bridgehead atoms. The maximum absolute atomic E-state index is 6.01. The Bertz CT molecular complexity index is 590. The van der Waals surface area contributed by atoms with Gasteiger partial charge in [-0.15, -0.1) is 0 Å². The van der Waals surface area contributed by atoms with Gasteiger partial charge in [0.25, 0.3) is 0 Å².